The number of benzene rings is 2. The van der Waals surface area contributed by atoms with Crippen molar-refractivity contribution in [2.75, 3.05) is 14.2 Å². The zero-order valence-corrected chi connectivity index (χ0v) is 12.5. The molecule has 1 atom stereocenters. The van der Waals surface area contributed by atoms with E-state index in [4.69, 9.17) is 9.47 Å². The topological polar surface area (TPSA) is 51.3 Å². The van der Waals surface area contributed by atoms with Gasteiger partial charge in [0.1, 0.15) is 11.7 Å². The van der Waals surface area contributed by atoms with E-state index >= 15 is 0 Å². The Balaban J connectivity index is 2.07. The highest BCUT2D eigenvalue weighted by Crippen LogP contribution is 2.29. The van der Waals surface area contributed by atoms with E-state index in [1.54, 1.807) is 7.11 Å². The van der Waals surface area contributed by atoms with Crippen LogP contribution in [-0.2, 0) is 9.53 Å². The zero-order chi connectivity index (χ0) is 15.5. The zero-order valence-electron chi connectivity index (χ0n) is 12.5. The molecule has 1 aromatic heterocycles. The maximum absolute atomic E-state index is 12.3. The fraction of sp³-hybridized carbons (Fsp3) is 0.167. The number of para-hydroxylation sites is 1. The van der Waals surface area contributed by atoms with E-state index in [0.717, 1.165) is 27.9 Å². The Morgan fingerprint density at radius 1 is 1.05 bits per heavy atom. The average molecular weight is 295 g/mol. The second-order valence-electron chi connectivity index (χ2n) is 5.04. The van der Waals surface area contributed by atoms with Gasteiger partial charge in [0, 0.05) is 11.2 Å². The van der Waals surface area contributed by atoms with Gasteiger partial charge in [-0.15, -0.1) is 0 Å². The van der Waals surface area contributed by atoms with Crippen molar-refractivity contribution in [1.82, 2.24) is 4.98 Å². The van der Waals surface area contributed by atoms with Gasteiger partial charge in [0.25, 0.3) is 0 Å². The lowest BCUT2D eigenvalue weighted by Crippen LogP contribution is -2.16. The summed E-state index contributed by atoms with van der Waals surface area (Å²) in [7, 11) is 3.02. The van der Waals surface area contributed by atoms with E-state index in [-0.39, 0.29) is 5.97 Å². The Kier molecular flexibility index (Phi) is 3.83. The third-order valence-electron chi connectivity index (χ3n) is 3.75. The van der Waals surface area contributed by atoms with E-state index < -0.39 is 5.92 Å². The molecule has 0 spiro atoms. The smallest absolute Gasteiger partial charge is 0.319 e. The molecule has 112 valence electrons. The molecular weight excluding hydrogens is 278 g/mol. The molecule has 0 fully saturated rings. The summed E-state index contributed by atoms with van der Waals surface area (Å²) in [6, 6.07) is 17.4. The van der Waals surface area contributed by atoms with Crippen LogP contribution in [0.2, 0.25) is 0 Å². The lowest BCUT2D eigenvalue weighted by atomic mass is 9.95. The number of rotatable bonds is 4. The first kappa shape index (κ1) is 14.2. The summed E-state index contributed by atoms with van der Waals surface area (Å²) in [6.07, 6.45) is 0. The van der Waals surface area contributed by atoms with E-state index in [9.17, 15) is 4.79 Å². The summed E-state index contributed by atoms with van der Waals surface area (Å²) in [5.74, 6) is -0.0240. The Bertz CT molecular complexity index is 756. The summed E-state index contributed by atoms with van der Waals surface area (Å²) in [6.45, 7) is 0. The molecule has 0 saturated carbocycles. The fourth-order valence-corrected chi connectivity index (χ4v) is 2.61. The first-order valence-corrected chi connectivity index (χ1v) is 7.02. The van der Waals surface area contributed by atoms with Gasteiger partial charge < -0.3 is 14.5 Å². The third kappa shape index (κ3) is 2.55. The van der Waals surface area contributed by atoms with E-state index in [2.05, 4.69) is 4.98 Å². The van der Waals surface area contributed by atoms with Crippen LogP contribution >= 0.6 is 0 Å². The minimum absolute atomic E-state index is 0.295. The molecule has 0 saturated heterocycles. The number of fused-ring (bicyclic) bond motifs is 1. The molecule has 3 aromatic rings. The van der Waals surface area contributed by atoms with Crippen molar-refractivity contribution in [2.24, 2.45) is 0 Å². The number of H-pyrrole nitrogens is 1. The van der Waals surface area contributed by atoms with Crippen LogP contribution < -0.4 is 4.74 Å². The van der Waals surface area contributed by atoms with Gasteiger partial charge in [-0.2, -0.15) is 0 Å². The molecule has 3 rings (SSSR count). The highest BCUT2D eigenvalue weighted by Gasteiger charge is 2.25. The maximum Gasteiger partial charge on any atom is 0.319 e. The minimum atomic E-state index is -0.483. The summed E-state index contributed by atoms with van der Waals surface area (Å²) >= 11 is 0. The number of methoxy groups -OCH3 is 2. The lowest BCUT2D eigenvalue weighted by molar-refractivity contribution is -0.141. The Hall–Kier alpha value is -2.75. The molecule has 4 heteroatoms. The summed E-state index contributed by atoms with van der Waals surface area (Å²) in [5, 5.41) is 1.07. The van der Waals surface area contributed by atoms with Crippen molar-refractivity contribution >= 4 is 16.9 Å². The van der Waals surface area contributed by atoms with Crippen molar-refractivity contribution in [1.29, 1.82) is 0 Å². The molecule has 1 heterocycles. The van der Waals surface area contributed by atoms with Crippen LogP contribution in [-0.4, -0.2) is 25.2 Å². The quantitative estimate of drug-likeness (QED) is 0.750. The number of hydrogen-bond donors (Lipinski definition) is 1. The number of aromatic amines is 1. The van der Waals surface area contributed by atoms with Crippen molar-refractivity contribution in [3.63, 3.8) is 0 Å². The second-order valence-corrected chi connectivity index (χ2v) is 5.04. The third-order valence-corrected chi connectivity index (χ3v) is 3.75. The minimum Gasteiger partial charge on any atom is -0.497 e. The number of esters is 1. The van der Waals surface area contributed by atoms with Gasteiger partial charge in [0.2, 0.25) is 0 Å². The molecule has 1 unspecified atom stereocenters. The summed E-state index contributed by atoms with van der Waals surface area (Å²) < 4.78 is 10.1. The van der Waals surface area contributed by atoms with Gasteiger partial charge >= 0.3 is 5.97 Å². The van der Waals surface area contributed by atoms with Crippen LogP contribution in [0.3, 0.4) is 0 Å². The molecule has 2 aromatic carbocycles. The van der Waals surface area contributed by atoms with Gasteiger partial charge in [0.15, 0.2) is 0 Å². The molecule has 1 N–H and O–H groups in total. The molecule has 4 nitrogen and oxygen atoms in total. The van der Waals surface area contributed by atoms with Gasteiger partial charge in [-0.1, -0.05) is 30.3 Å². The molecule has 0 aliphatic rings. The molecule has 0 amide bonds. The van der Waals surface area contributed by atoms with E-state index in [1.807, 2.05) is 54.6 Å². The van der Waals surface area contributed by atoms with Gasteiger partial charge in [-0.05, 0) is 35.2 Å². The largest absolute Gasteiger partial charge is 0.497 e. The second kappa shape index (κ2) is 5.93. The number of carbonyl (C=O) groups is 1. The normalized spacial score (nSPS) is 12.1. The van der Waals surface area contributed by atoms with E-state index in [0.29, 0.717) is 0 Å². The predicted molar refractivity (Wildman–Crippen MR) is 85.2 cm³/mol. The highest BCUT2D eigenvalue weighted by atomic mass is 16.5. The van der Waals surface area contributed by atoms with Crippen molar-refractivity contribution in [2.45, 2.75) is 5.92 Å². The number of hydrogen-bond acceptors (Lipinski definition) is 3. The van der Waals surface area contributed by atoms with E-state index in [1.165, 1.54) is 7.11 Å². The average Bonchev–Trinajstić information content (AvgIpc) is 2.99. The first-order chi connectivity index (χ1) is 10.7. The van der Waals surface area contributed by atoms with Crippen LogP contribution in [0.15, 0.2) is 54.6 Å². The molecule has 0 aliphatic heterocycles. The van der Waals surface area contributed by atoms with Crippen molar-refractivity contribution in [3.8, 4) is 5.75 Å². The van der Waals surface area contributed by atoms with Gasteiger partial charge in [0.05, 0.1) is 14.2 Å². The highest BCUT2D eigenvalue weighted by molar-refractivity contribution is 5.86. The molecule has 22 heavy (non-hydrogen) atoms. The van der Waals surface area contributed by atoms with Crippen LogP contribution in [0.5, 0.6) is 5.75 Å². The van der Waals surface area contributed by atoms with Gasteiger partial charge in [-0.25, -0.2) is 0 Å². The van der Waals surface area contributed by atoms with Crippen LogP contribution in [0.4, 0.5) is 0 Å². The number of carbonyl (C=O) groups excluding carboxylic acids is 1. The van der Waals surface area contributed by atoms with Crippen LogP contribution in [0, 0.1) is 0 Å². The van der Waals surface area contributed by atoms with Crippen LogP contribution in [0.1, 0.15) is 17.2 Å². The van der Waals surface area contributed by atoms with Crippen molar-refractivity contribution in [3.05, 3.63) is 65.9 Å². The maximum atomic E-state index is 12.3. The number of aromatic nitrogens is 1. The van der Waals surface area contributed by atoms with Gasteiger partial charge in [-0.3, -0.25) is 4.79 Å². The molecule has 0 bridgehead atoms. The Morgan fingerprint density at radius 2 is 1.77 bits per heavy atom. The first-order valence-electron chi connectivity index (χ1n) is 7.02. The lowest BCUT2D eigenvalue weighted by Gasteiger charge is -2.14. The monoisotopic (exact) mass is 295 g/mol. The summed E-state index contributed by atoms with van der Waals surface area (Å²) in [5.41, 5.74) is 2.68. The van der Waals surface area contributed by atoms with Crippen LogP contribution in [0.25, 0.3) is 10.9 Å². The SMILES string of the molecule is COC(=O)C(c1ccc(OC)cc1)c1cc2ccccc2[nH]1. The Labute approximate surface area is 128 Å². The van der Waals surface area contributed by atoms with Crippen molar-refractivity contribution < 1.29 is 14.3 Å². The number of ether oxygens (including phenoxy) is 2. The Morgan fingerprint density at radius 3 is 2.41 bits per heavy atom. The fourth-order valence-electron chi connectivity index (χ4n) is 2.61. The number of nitrogens with one attached hydrogen (secondary N) is 1. The summed E-state index contributed by atoms with van der Waals surface area (Å²) in [4.78, 5) is 15.6. The molecule has 0 aliphatic carbocycles. The molecule has 0 radical (unpaired) electrons. The predicted octanol–water partition coefficient (Wildman–Crippen LogP) is 3.48. The molecular formula is C18H17NO3. The standard InChI is InChI=1S/C18H17NO3/c1-21-14-9-7-12(8-10-14)17(18(20)22-2)16-11-13-5-3-4-6-15(13)19-16/h3-11,17,19H,1-2H3.